The molecule has 0 amide bonds. The highest BCUT2D eigenvalue weighted by molar-refractivity contribution is 5.72. The van der Waals surface area contributed by atoms with E-state index in [1.807, 2.05) is 12.1 Å². The summed E-state index contributed by atoms with van der Waals surface area (Å²) in [5.74, 6) is 0. The molecule has 0 bridgehead atoms. The van der Waals surface area contributed by atoms with Crippen molar-refractivity contribution >= 4 is 11.4 Å². The molecule has 0 heterocycles. The lowest BCUT2D eigenvalue weighted by Gasteiger charge is -2.10. The van der Waals surface area contributed by atoms with Gasteiger partial charge in [0.2, 0.25) is 0 Å². The Hall–Kier alpha value is -1.73. The summed E-state index contributed by atoms with van der Waals surface area (Å²) in [6, 6.07) is 7.48. The van der Waals surface area contributed by atoms with Crippen LogP contribution in [0.5, 0.6) is 0 Å². The van der Waals surface area contributed by atoms with Crippen LogP contribution in [-0.4, -0.2) is 19.8 Å². The zero-order valence-corrected chi connectivity index (χ0v) is 10.2. The molecule has 17 heavy (non-hydrogen) atoms. The first kappa shape index (κ1) is 13.3. The fraction of sp³-hybridized carbons (Fsp3) is 0.462. The second-order valence-electron chi connectivity index (χ2n) is 3.77. The standard InChI is InChI=1S/C13H19N3O/c1-2-8-17-9-4-7-16-12-6-3-5-11(10-14)13(12)15/h3,5-6,16H,2,4,7-9,15H2,1H3. The molecule has 0 aliphatic heterocycles. The van der Waals surface area contributed by atoms with E-state index in [-0.39, 0.29) is 0 Å². The minimum Gasteiger partial charge on any atom is -0.396 e. The summed E-state index contributed by atoms with van der Waals surface area (Å²) >= 11 is 0. The number of nitrogens with two attached hydrogens (primary N) is 1. The topological polar surface area (TPSA) is 71.1 Å². The average Bonchev–Trinajstić information content (AvgIpc) is 2.35. The van der Waals surface area contributed by atoms with Crippen LogP contribution in [0, 0.1) is 11.3 Å². The molecule has 0 aliphatic rings. The zero-order chi connectivity index (χ0) is 12.5. The van der Waals surface area contributed by atoms with E-state index in [1.165, 1.54) is 0 Å². The summed E-state index contributed by atoms with van der Waals surface area (Å²) in [5, 5.41) is 12.0. The summed E-state index contributed by atoms with van der Waals surface area (Å²) in [5.41, 5.74) is 7.69. The minimum atomic E-state index is 0.511. The van der Waals surface area contributed by atoms with E-state index in [0.717, 1.165) is 38.3 Å². The normalized spacial score (nSPS) is 9.88. The van der Waals surface area contributed by atoms with Gasteiger partial charge in [-0.3, -0.25) is 0 Å². The van der Waals surface area contributed by atoms with Crippen molar-refractivity contribution in [2.75, 3.05) is 30.8 Å². The van der Waals surface area contributed by atoms with Gasteiger partial charge in [-0.25, -0.2) is 0 Å². The van der Waals surface area contributed by atoms with Gasteiger partial charge in [-0.1, -0.05) is 13.0 Å². The monoisotopic (exact) mass is 233 g/mol. The number of nitriles is 1. The van der Waals surface area contributed by atoms with E-state index in [1.54, 1.807) is 6.07 Å². The predicted molar refractivity (Wildman–Crippen MR) is 69.8 cm³/mol. The molecule has 0 fully saturated rings. The van der Waals surface area contributed by atoms with Crippen LogP contribution < -0.4 is 11.1 Å². The van der Waals surface area contributed by atoms with E-state index < -0.39 is 0 Å². The van der Waals surface area contributed by atoms with E-state index in [4.69, 9.17) is 15.7 Å². The van der Waals surface area contributed by atoms with Gasteiger partial charge in [0, 0.05) is 19.8 Å². The van der Waals surface area contributed by atoms with Crippen LogP contribution in [0.1, 0.15) is 25.3 Å². The van der Waals surface area contributed by atoms with Crippen LogP contribution in [0.25, 0.3) is 0 Å². The number of ether oxygens (including phenoxy) is 1. The Labute approximate surface area is 102 Å². The second-order valence-corrected chi connectivity index (χ2v) is 3.77. The number of anilines is 2. The molecule has 1 aromatic rings. The van der Waals surface area contributed by atoms with Crippen molar-refractivity contribution in [2.45, 2.75) is 19.8 Å². The molecule has 0 aromatic heterocycles. The third kappa shape index (κ3) is 4.33. The van der Waals surface area contributed by atoms with Gasteiger partial charge in [-0.2, -0.15) is 5.26 Å². The molecule has 4 heteroatoms. The Morgan fingerprint density at radius 2 is 2.24 bits per heavy atom. The maximum Gasteiger partial charge on any atom is 0.101 e. The van der Waals surface area contributed by atoms with Gasteiger partial charge >= 0.3 is 0 Å². The molecule has 0 radical (unpaired) electrons. The Bertz CT molecular complexity index is 385. The van der Waals surface area contributed by atoms with Gasteiger partial charge in [0.1, 0.15) is 6.07 Å². The first-order valence-electron chi connectivity index (χ1n) is 5.89. The molecule has 0 aliphatic carbocycles. The molecule has 1 aromatic carbocycles. The molecule has 0 unspecified atom stereocenters. The Morgan fingerprint density at radius 1 is 1.41 bits per heavy atom. The van der Waals surface area contributed by atoms with Crippen LogP contribution in [0.2, 0.25) is 0 Å². The molecule has 0 spiro atoms. The van der Waals surface area contributed by atoms with Crippen molar-refractivity contribution in [1.29, 1.82) is 5.26 Å². The maximum absolute atomic E-state index is 8.83. The number of nitrogen functional groups attached to an aromatic ring is 1. The zero-order valence-electron chi connectivity index (χ0n) is 10.2. The number of nitrogens with one attached hydrogen (secondary N) is 1. The Balaban J connectivity index is 2.35. The number of hydrogen-bond donors (Lipinski definition) is 2. The van der Waals surface area contributed by atoms with Gasteiger partial charge < -0.3 is 15.8 Å². The van der Waals surface area contributed by atoms with Crippen LogP contribution in [0.3, 0.4) is 0 Å². The van der Waals surface area contributed by atoms with E-state index in [9.17, 15) is 0 Å². The third-order valence-corrected chi connectivity index (χ3v) is 2.36. The van der Waals surface area contributed by atoms with Crippen molar-refractivity contribution in [3.63, 3.8) is 0 Å². The fourth-order valence-electron chi connectivity index (χ4n) is 1.46. The smallest absolute Gasteiger partial charge is 0.101 e. The predicted octanol–water partition coefficient (Wildman–Crippen LogP) is 2.37. The SMILES string of the molecule is CCCOCCCNc1cccc(C#N)c1N. The van der Waals surface area contributed by atoms with Gasteiger partial charge in [0.25, 0.3) is 0 Å². The van der Waals surface area contributed by atoms with Crippen LogP contribution in [0.4, 0.5) is 11.4 Å². The highest BCUT2D eigenvalue weighted by Crippen LogP contribution is 2.21. The second kappa shape index (κ2) is 7.53. The number of hydrogen-bond acceptors (Lipinski definition) is 4. The summed E-state index contributed by atoms with van der Waals surface area (Å²) in [7, 11) is 0. The summed E-state index contributed by atoms with van der Waals surface area (Å²) in [6.07, 6.45) is 1.97. The summed E-state index contributed by atoms with van der Waals surface area (Å²) < 4.78 is 5.37. The summed E-state index contributed by atoms with van der Waals surface area (Å²) in [6.45, 7) is 4.44. The first-order chi connectivity index (χ1) is 8.29. The van der Waals surface area contributed by atoms with E-state index in [2.05, 4.69) is 18.3 Å². The van der Waals surface area contributed by atoms with Crippen molar-refractivity contribution in [1.82, 2.24) is 0 Å². The van der Waals surface area contributed by atoms with Crippen LogP contribution in [-0.2, 0) is 4.74 Å². The van der Waals surface area contributed by atoms with Crippen molar-refractivity contribution in [2.24, 2.45) is 0 Å². The number of benzene rings is 1. The number of nitrogens with zero attached hydrogens (tertiary/aromatic N) is 1. The van der Waals surface area contributed by atoms with Crippen molar-refractivity contribution in [3.8, 4) is 6.07 Å². The molecule has 0 saturated carbocycles. The average molecular weight is 233 g/mol. The molecule has 0 saturated heterocycles. The van der Waals surface area contributed by atoms with E-state index >= 15 is 0 Å². The van der Waals surface area contributed by atoms with Gasteiger partial charge in [-0.15, -0.1) is 0 Å². The molecular weight excluding hydrogens is 214 g/mol. The first-order valence-corrected chi connectivity index (χ1v) is 5.89. The Morgan fingerprint density at radius 3 is 2.94 bits per heavy atom. The molecule has 0 atom stereocenters. The van der Waals surface area contributed by atoms with Gasteiger partial charge in [0.15, 0.2) is 0 Å². The quantitative estimate of drug-likeness (QED) is 0.560. The van der Waals surface area contributed by atoms with E-state index in [0.29, 0.717) is 11.3 Å². The molecule has 1 rings (SSSR count). The third-order valence-electron chi connectivity index (χ3n) is 2.36. The molecule has 92 valence electrons. The largest absolute Gasteiger partial charge is 0.396 e. The lowest BCUT2D eigenvalue weighted by atomic mass is 10.1. The number of rotatable bonds is 7. The molecule has 4 nitrogen and oxygen atoms in total. The maximum atomic E-state index is 8.83. The highest BCUT2D eigenvalue weighted by Gasteiger charge is 2.02. The summed E-state index contributed by atoms with van der Waals surface area (Å²) in [4.78, 5) is 0. The van der Waals surface area contributed by atoms with Gasteiger partial charge in [-0.05, 0) is 25.0 Å². The lowest BCUT2D eigenvalue weighted by Crippen LogP contribution is -2.08. The molecule has 3 N–H and O–H groups in total. The fourth-order valence-corrected chi connectivity index (χ4v) is 1.46. The molecular formula is C13H19N3O. The highest BCUT2D eigenvalue weighted by atomic mass is 16.5. The van der Waals surface area contributed by atoms with Gasteiger partial charge in [0.05, 0.1) is 16.9 Å². The van der Waals surface area contributed by atoms with Crippen molar-refractivity contribution < 1.29 is 4.74 Å². The van der Waals surface area contributed by atoms with Crippen LogP contribution >= 0.6 is 0 Å². The Kier molecular flexibility index (Phi) is 5.91. The van der Waals surface area contributed by atoms with Crippen molar-refractivity contribution in [3.05, 3.63) is 23.8 Å². The van der Waals surface area contributed by atoms with Crippen LogP contribution in [0.15, 0.2) is 18.2 Å². The minimum absolute atomic E-state index is 0.511. The number of para-hydroxylation sites is 1. The lowest BCUT2D eigenvalue weighted by molar-refractivity contribution is 0.134.